The first kappa shape index (κ1) is 43.3. The molecular formula is C36H50F3NO11S. The molecule has 0 spiro atoms. The summed E-state index contributed by atoms with van der Waals surface area (Å²) in [5.41, 5.74) is 1.72. The minimum absolute atomic E-state index is 0.0948. The highest BCUT2D eigenvalue weighted by Gasteiger charge is 2.50. The zero-order valence-corrected chi connectivity index (χ0v) is 30.5. The minimum Gasteiger partial charge on any atom is -0.497 e. The fraction of sp³-hybridized carbons (Fsp3) is 0.583. The highest BCUT2D eigenvalue weighted by Crippen LogP contribution is 2.28. The highest BCUT2D eigenvalue weighted by molar-refractivity contribution is 7.86. The number of ether oxygens (including phenoxy) is 5. The van der Waals surface area contributed by atoms with Crippen LogP contribution in [0.3, 0.4) is 0 Å². The maximum Gasteiger partial charge on any atom is 0.471 e. The van der Waals surface area contributed by atoms with Gasteiger partial charge < -0.3 is 34.1 Å². The van der Waals surface area contributed by atoms with Gasteiger partial charge in [0, 0.05) is 6.61 Å². The third-order valence-electron chi connectivity index (χ3n) is 8.31. The lowest BCUT2D eigenvalue weighted by Gasteiger charge is -2.44. The highest BCUT2D eigenvalue weighted by atomic mass is 32.2. The summed E-state index contributed by atoms with van der Waals surface area (Å²) in [6.07, 6.45) is -4.44. The topological polar surface area (TPSA) is 148 Å². The fourth-order valence-corrected chi connectivity index (χ4v) is 6.14. The molecule has 292 valence electrons. The van der Waals surface area contributed by atoms with Gasteiger partial charge in [-0.2, -0.15) is 21.6 Å². The molecule has 2 aromatic carbocycles. The van der Waals surface area contributed by atoms with Gasteiger partial charge in [-0.1, -0.05) is 74.9 Å². The van der Waals surface area contributed by atoms with Crippen LogP contribution in [0.2, 0.25) is 0 Å². The van der Waals surface area contributed by atoms with Gasteiger partial charge in [-0.15, -0.1) is 10.9 Å². The summed E-state index contributed by atoms with van der Waals surface area (Å²) in [7, 11) is -2.81. The molecule has 0 saturated carbocycles. The zero-order valence-electron chi connectivity index (χ0n) is 29.7. The van der Waals surface area contributed by atoms with Gasteiger partial charge in [0.2, 0.25) is 0 Å². The van der Waals surface area contributed by atoms with Crippen LogP contribution in [-0.2, 0) is 49.7 Å². The monoisotopic (exact) mass is 761 g/mol. The Balaban J connectivity index is 1.76. The number of amides is 1. The number of hydrogen-bond acceptors (Lipinski definition) is 11. The molecule has 1 amide bonds. The van der Waals surface area contributed by atoms with Crippen molar-refractivity contribution in [3.8, 4) is 5.75 Å². The van der Waals surface area contributed by atoms with Crippen molar-refractivity contribution in [2.24, 2.45) is 0 Å². The van der Waals surface area contributed by atoms with Gasteiger partial charge in [0.1, 0.15) is 36.7 Å². The zero-order chi connectivity index (χ0) is 38.1. The van der Waals surface area contributed by atoms with Gasteiger partial charge in [0.05, 0.1) is 31.3 Å². The average Bonchev–Trinajstić information content (AvgIpc) is 3.11. The SMILES string of the molecule is C=CCO[C@H]1O[C@H](COOS(=O)(=O)c2ccc(C)cc2)[C@@H](O)[C@H](OCC[C@@H](CCCCCCC)OCc2ccc(OC)cc2)[C@H]1NC(=O)C(F)(F)F. The number of carbonyl (C=O) groups is 1. The molecule has 2 aromatic rings. The number of unbranched alkanes of at least 4 members (excludes halogenated alkanes) is 4. The van der Waals surface area contributed by atoms with Crippen molar-refractivity contribution in [2.75, 3.05) is 26.9 Å². The molecule has 3 rings (SSSR count). The number of aryl methyl sites for hydroxylation is 1. The van der Waals surface area contributed by atoms with E-state index < -0.39 is 59.5 Å². The van der Waals surface area contributed by atoms with Crippen molar-refractivity contribution in [1.82, 2.24) is 5.32 Å². The Kier molecular flexibility index (Phi) is 18.0. The summed E-state index contributed by atoms with van der Waals surface area (Å²) in [6, 6.07) is 11.5. The van der Waals surface area contributed by atoms with Crippen LogP contribution in [-0.4, -0.2) is 89.3 Å². The van der Waals surface area contributed by atoms with Crippen LogP contribution in [0.15, 0.2) is 66.1 Å². The van der Waals surface area contributed by atoms with E-state index in [1.54, 1.807) is 26.2 Å². The molecule has 0 unspecified atom stereocenters. The molecule has 52 heavy (non-hydrogen) atoms. The van der Waals surface area contributed by atoms with Gasteiger partial charge in [-0.05, 0) is 49.6 Å². The van der Waals surface area contributed by atoms with Crippen LogP contribution in [0.5, 0.6) is 5.75 Å². The van der Waals surface area contributed by atoms with E-state index in [0.29, 0.717) is 18.6 Å². The Morgan fingerprint density at radius 2 is 1.73 bits per heavy atom. The average molecular weight is 762 g/mol. The van der Waals surface area contributed by atoms with Crippen molar-refractivity contribution in [2.45, 2.75) is 113 Å². The van der Waals surface area contributed by atoms with Gasteiger partial charge in [-0.3, -0.25) is 4.79 Å². The van der Waals surface area contributed by atoms with Crippen molar-refractivity contribution in [3.05, 3.63) is 72.3 Å². The third-order valence-corrected chi connectivity index (χ3v) is 9.44. The second-order valence-corrected chi connectivity index (χ2v) is 13.9. The van der Waals surface area contributed by atoms with Crippen molar-refractivity contribution >= 4 is 16.0 Å². The van der Waals surface area contributed by atoms with E-state index in [9.17, 15) is 31.5 Å². The van der Waals surface area contributed by atoms with E-state index in [2.05, 4.69) is 17.8 Å². The number of aliphatic hydroxyl groups is 1. The van der Waals surface area contributed by atoms with Crippen molar-refractivity contribution in [3.63, 3.8) is 0 Å². The number of halogens is 3. The second kappa shape index (κ2) is 21.6. The van der Waals surface area contributed by atoms with Gasteiger partial charge >= 0.3 is 22.2 Å². The fourth-order valence-electron chi connectivity index (χ4n) is 5.41. The van der Waals surface area contributed by atoms with E-state index >= 15 is 0 Å². The number of carbonyl (C=O) groups excluding carboxylic acids is 1. The molecule has 6 atom stereocenters. The Morgan fingerprint density at radius 3 is 2.37 bits per heavy atom. The summed E-state index contributed by atoms with van der Waals surface area (Å²) in [5.74, 6) is -1.60. The van der Waals surface area contributed by atoms with Crippen LogP contribution < -0.4 is 10.1 Å². The van der Waals surface area contributed by atoms with Crippen molar-refractivity contribution < 1.29 is 64.4 Å². The smallest absolute Gasteiger partial charge is 0.471 e. The predicted molar refractivity (Wildman–Crippen MR) is 184 cm³/mol. The number of alkyl halides is 3. The lowest BCUT2D eigenvalue weighted by molar-refractivity contribution is -0.304. The first-order valence-electron chi connectivity index (χ1n) is 17.2. The first-order valence-corrected chi connectivity index (χ1v) is 18.6. The van der Waals surface area contributed by atoms with E-state index in [1.165, 1.54) is 18.2 Å². The van der Waals surface area contributed by atoms with Crippen LogP contribution in [0.25, 0.3) is 0 Å². The molecule has 16 heteroatoms. The van der Waals surface area contributed by atoms with Crippen molar-refractivity contribution in [1.29, 1.82) is 0 Å². The van der Waals surface area contributed by atoms with E-state index in [4.69, 9.17) is 28.6 Å². The van der Waals surface area contributed by atoms with Crippen LogP contribution >= 0.6 is 0 Å². The van der Waals surface area contributed by atoms with E-state index in [-0.39, 0.29) is 30.8 Å². The normalized spacial score (nSPS) is 21.4. The standard InChI is InChI=1S/C36H50F3NO11S/c1-5-7-8-9-10-11-28(48-23-26-14-16-27(45-4)17-15-26)20-22-46-33-31(40-35(42)36(37,38)39)34(47-21-6-2)50-30(32(33)41)24-49-51-52(43,44)29-18-12-25(3)13-19-29/h6,12-19,28,30-34,41H,2,5,7-11,20-24H2,1,3-4H3,(H,40,42)/t28-,30-,31-,32-,33-,34+/m1/s1. The quantitative estimate of drug-likeness (QED) is 0.0623. The first-order chi connectivity index (χ1) is 24.8. The molecule has 2 N–H and O–H groups in total. The lowest BCUT2D eigenvalue weighted by atomic mass is 9.96. The third kappa shape index (κ3) is 14.0. The molecule has 1 heterocycles. The number of nitrogens with one attached hydrogen (secondary N) is 1. The number of hydrogen-bond donors (Lipinski definition) is 2. The summed E-state index contributed by atoms with van der Waals surface area (Å²) < 4.78 is 98.9. The summed E-state index contributed by atoms with van der Waals surface area (Å²) in [6.45, 7) is 6.70. The molecule has 1 fully saturated rings. The number of benzene rings is 2. The van der Waals surface area contributed by atoms with Gasteiger partial charge in [0.25, 0.3) is 0 Å². The molecule has 12 nitrogen and oxygen atoms in total. The maximum absolute atomic E-state index is 13.4. The molecule has 1 aliphatic rings. The summed E-state index contributed by atoms with van der Waals surface area (Å²) in [4.78, 5) is 16.9. The number of rotatable bonds is 23. The number of methoxy groups -OCH3 is 1. The molecule has 0 aromatic heterocycles. The number of aliphatic hydroxyl groups excluding tert-OH is 1. The molecular weight excluding hydrogens is 711 g/mol. The lowest BCUT2D eigenvalue weighted by Crippen LogP contribution is -2.66. The Labute approximate surface area is 303 Å². The molecule has 1 aliphatic heterocycles. The Bertz CT molecular complexity index is 1460. The maximum atomic E-state index is 13.4. The molecule has 1 saturated heterocycles. The van der Waals surface area contributed by atoms with Crippen LogP contribution in [0.4, 0.5) is 13.2 Å². The van der Waals surface area contributed by atoms with Gasteiger partial charge in [0.15, 0.2) is 6.29 Å². The summed E-state index contributed by atoms with van der Waals surface area (Å²) in [5, 5.41) is 13.2. The van der Waals surface area contributed by atoms with E-state index in [1.807, 2.05) is 29.6 Å². The summed E-state index contributed by atoms with van der Waals surface area (Å²) >= 11 is 0. The molecule has 0 radical (unpaired) electrons. The largest absolute Gasteiger partial charge is 0.497 e. The van der Waals surface area contributed by atoms with Crippen LogP contribution in [0, 0.1) is 6.92 Å². The Hall–Kier alpha value is -3.09. The van der Waals surface area contributed by atoms with Gasteiger partial charge in [-0.25, -0.2) is 4.89 Å². The second-order valence-electron chi connectivity index (χ2n) is 12.4. The van der Waals surface area contributed by atoms with E-state index in [0.717, 1.165) is 43.2 Å². The molecule has 0 aliphatic carbocycles. The van der Waals surface area contributed by atoms with Crippen LogP contribution in [0.1, 0.15) is 63.0 Å². The minimum atomic E-state index is -5.27. The Morgan fingerprint density at radius 1 is 1.04 bits per heavy atom. The predicted octanol–water partition coefficient (Wildman–Crippen LogP) is 5.70. The molecule has 0 bridgehead atoms.